The zero-order chi connectivity index (χ0) is 18.8. The van der Waals surface area contributed by atoms with Crippen LogP contribution in [0.1, 0.15) is 27.5 Å². The first-order valence-electron chi connectivity index (χ1n) is 8.85. The van der Waals surface area contributed by atoms with Gasteiger partial charge in [0, 0.05) is 44.1 Å². The number of carbonyl (C=O) groups excluding carboxylic acids is 1. The van der Waals surface area contributed by atoms with Crippen LogP contribution in [-0.4, -0.2) is 48.8 Å². The normalized spacial score (nSPS) is 16.7. The third kappa shape index (κ3) is 3.53. The zero-order valence-electron chi connectivity index (χ0n) is 15.3. The lowest BCUT2D eigenvalue weighted by Gasteiger charge is -2.24. The second-order valence-corrected chi connectivity index (χ2v) is 6.71. The third-order valence-corrected chi connectivity index (χ3v) is 4.72. The molecular formula is C18H21N7O2. The highest BCUT2D eigenvalue weighted by atomic mass is 16.5. The van der Waals surface area contributed by atoms with Gasteiger partial charge in [0.2, 0.25) is 5.95 Å². The van der Waals surface area contributed by atoms with E-state index in [1.54, 1.807) is 38.5 Å². The fourth-order valence-corrected chi connectivity index (χ4v) is 3.39. The van der Waals surface area contributed by atoms with Crippen molar-refractivity contribution in [1.82, 2.24) is 29.8 Å². The highest BCUT2D eigenvalue weighted by Gasteiger charge is 2.29. The molecule has 0 aliphatic carbocycles. The number of anilines is 1. The van der Waals surface area contributed by atoms with E-state index in [4.69, 9.17) is 4.52 Å². The summed E-state index contributed by atoms with van der Waals surface area (Å²) < 4.78 is 7.14. The van der Waals surface area contributed by atoms with E-state index in [1.165, 1.54) is 0 Å². The van der Waals surface area contributed by atoms with E-state index in [0.29, 0.717) is 49.1 Å². The minimum atomic E-state index is -0.0677. The smallest absolute Gasteiger partial charge is 0.259 e. The number of carbonyl (C=O) groups is 1. The maximum Gasteiger partial charge on any atom is 0.259 e. The van der Waals surface area contributed by atoms with E-state index in [9.17, 15) is 4.79 Å². The second-order valence-electron chi connectivity index (χ2n) is 6.71. The van der Waals surface area contributed by atoms with Gasteiger partial charge in [-0.25, -0.2) is 9.97 Å². The molecule has 1 N–H and O–H groups in total. The van der Waals surface area contributed by atoms with Gasteiger partial charge in [0.15, 0.2) is 0 Å². The van der Waals surface area contributed by atoms with Crippen LogP contribution < -0.4 is 5.32 Å². The summed E-state index contributed by atoms with van der Waals surface area (Å²) in [6, 6.07) is 3.72. The summed E-state index contributed by atoms with van der Waals surface area (Å²) in [4.78, 5) is 23.4. The lowest BCUT2D eigenvalue weighted by molar-refractivity contribution is 0.0721. The lowest BCUT2D eigenvalue weighted by atomic mass is 10.1. The van der Waals surface area contributed by atoms with Crippen LogP contribution in [0.25, 0.3) is 0 Å². The van der Waals surface area contributed by atoms with E-state index < -0.39 is 0 Å². The van der Waals surface area contributed by atoms with Crippen LogP contribution in [0.3, 0.4) is 0 Å². The summed E-state index contributed by atoms with van der Waals surface area (Å²) in [5.41, 5.74) is 2.16. The molecule has 140 valence electrons. The van der Waals surface area contributed by atoms with Crippen molar-refractivity contribution in [3.05, 3.63) is 53.4 Å². The van der Waals surface area contributed by atoms with Gasteiger partial charge in [-0.3, -0.25) is 9.48 Å². The van der Waals surface area contributed by atoms with Crippen molar-refractivity contribution in [3.63, 3.8) is 0 Å². The number of amides is 1. The van der Waals surface area contributed by atoms with Gasteiger partial charge in [0.25, 0.3) is 5.91 Å². The first-order valence-corrected chi connectivity index (χ1v) is 8.85. The van der Waals surface area contributed by atoms with Crippen LogP contribution in [0.2, 0.25) is 0 Å². The second kappa shape index (κ2) is 7.18. The van der Waals surface area contributed by atoms with Gasteiger partial charge in [0.05, 0.1) is 17.9 Å². The van der Waals surface area contributed by atoms with Crippen molar-refractivity contribution in [2.45, 2.75) is 26.9 Å². The average molecular weight is 367 g/mol. The molecule has 0 spiro atoms. The molecule has 9 heteroatoms. The molecule has 0 saturated carbocycles. The molecule has 1 aliphatic heterocycles. The molecule has 0 saturated heterocycles. The Balaban J connectivity index is 1.56. The number of fused-ring (bicyclic) bond motifs is 1. The van der Waals surface area contributed by atoms with Gasteiger partial charge in [-0.05, 0) is 26.0 Å². The monoisotopic (exact) mass is 367 g/mol. The van der Waals surface area contributed by atoms with Crippen LogP contribution in [0.5, 0.6) is 0 Å². The summed E-state index contributed by atoms with van der Waals surface area (Å²) in [7, 11) is 0. The van der Waals surface area contributed by atoms with Crippen LogP contribution in [0.15, 0.2) is 35.2 Å². The minimum absolute atomic E-state index is 0.0677. The Morgan fingerprint density at radius 1 is 1.26 bits per heavy atom. The number of hydrogen-bond acceptors (Lipinski definition) is 7. The Morgan fingerprint density at radius 3 is 2.81 bits per heavy atom. The number of aryl methyl sites for hydroxylation is 2. The highest BCUT2D eigenvalue weighted by Crippen LogP contribution is 2.21. The Hall–Kier alpha value is -3.23. The van der Waals surface area contributed by atoms with E-state index in [-0.39, 0.29) is 11.8 Å². The molecule has 0 radical (unpaired) electrons. The molecule has 4 rings (SSSR count). The molecule has 3 aromatic heterocycles. The zero-order valence-corrected chi connectivity index (χ0v) is 15.3. The summed E-state index contributed by atoms with van der Waals surface area (Å²) in [5, 5.41) is 11.6. The Kier molecular flexibility index (Phi) is 4.57. The molecule has 1 amide bonds. The van der Waals surface area contributed by atoms with Gasteiger partial charge in [0.1, 0.15) is 11.3 Å². The SMILES string of the molecule is Cc1noc(C)c1C(=O)N1Cc2ccnn2C[C@@H](CNc2ncccn2)C1. The predicted molar refractivity (Wildman–Crippen MR) is 97.0 cm³/mol. The molecule has 1 atom stereocenters. The first kappa shape index (κ1) is 17.2. The van der Waals surface area contributed by atoms with Gasteiger partial charge in [-0.15, -0.1) is 0 Å². The third-order valence-electron chi connectivity index (χ3n) is 4.72. The van der Waals surface area contributed by atoms with Crippen molar-refractivity contribution in [2.75, 3.05) is 18.4 Å². The maximum atomic E-state index is 13.2. The molecule has 27 heavy (non-hydrogen) atoms. The number of nitrogens with one attached hydrogen (secondary N) is 1. The largest absolute Gasteiger partial charge is 0.361 e. The minimum Gasteiger partial charge on any atom is -0.361 e. The van der Waals surface area contributed by atoms with Gasteiger partial charge in [-0.2, -0.15) is 5.10 Å². The molecule has 3 aromatic rings. The molecule has 9 nitrogen and oxygen atoms in total. The average Bonchev–Trinajstić information content (AvgIpc) is 3.20. The standard InChI is InChI=1S/C18H21N7O2/c1-12-16(13(2)27-23-12)17(26)24-9-14(8-21-18-19-5-3-6-20-18)10-25-15(11-24)4-7-22-25/h3-7,14H,8-11H2,1-2H3,(H,19,20,21)/t14-/m0/s1. The lowest BCUT2D eigenvalue weighted by Crippen LogP contribution is -2.36. The Bertz CT molecular complexity index is 915. The van der Waals surface area contributed by atoms with E-state index in [0.717, 1.165) is 5.69 Å². The predicted octanol–water partition coefficient (Wildman–Crippen LogP) is 1.66. The number of aromatic nitrogens is 5. The summed E-state index contributed by atoms with van der Waals surface area (Å²) in [6.45, 7) is 5.99. The van der Waals surface area contributed by atoms with Gasteiger partial charge in [-0.1, -0.05) is 5.16 Å². The van der Waals surface area contributed by atoms with Crippen molar-refractivity contribution >= 4 is 11.9 Å². The van der Waals surface area contributed by atoms with Crippen LogP contribution >= 0.6 is 0 Å². The van der Waals surface area contributed by atoms with Crippen molar-refractivity contribution in [3.8, 4) is 0 Å². The maximum absolute atomic E-state index is 13.2. The summed E-state index contributed by atoms with van der Waals surface area (Å²) >= 11 is 0. The number of nitrogens with zero attached hydrogens (tertiary/aromatic N) is 6. The fraction of sp³-hybridized carbons (Fsp3) is 0.389. The van der Waals surface area contributed by atoms with E-state index in [1.807, 2.05) is 15.6 Å². The topological polar surface area (TPSA) is 102 Å². The highest BCUT2D eigenvalue weighted by molar-refractivity contribution is 5.96. The van der Waals surface area contributed by atoms with Gasteiger partial charge >= 0.3 is 0 Å². The van der Waals surface area contributed by atoms with Crippen molar-refractivity contribution in [1.29, 1.82) is 0 Å². The van der Waals surface area contributed by atoms with Crippen molar-refractivity contribution < 1.29 is 9.32 Å². The van der Waals surface area contributed by atoms with Crippen LogP contribution in [-0.2, 0) is 13.1 Å². The van der Waals surface area contributed by atoms with E-state index in [2.05, 4.69) is 25.5 Å². The molecule has 0 unspecified atom stereocenters. The number of hydrogen-bond donors (Lipinski definition) is 1. The number of rotatable bonds is 4. The summed E-state index contributed by atoms with van der Waals surface area (Å²) in [6.07, 6.45) is 5.16. The van der Waals surface area contributed by atoms with Gasteiger partial charge < -0.3 is 14.7 Å². The first-order chi connectivity index (χ1) is 13.1. The quantitative estimate of drug-likeness (QED) is 0.748. The molecule has 0 fully saturated rings. The van der Waals surface area contributed by atoms with E-state index >= 15 is 0 Å². The molecule has 1 aliphatic rings. The Morgan fingerprint density at radius 2 is 2.07 bits per heavy atom. The molecular weight excluding hydrogens is 346 g/mol. The van der Waals surface area contributed by atoms with Crippen LogP contribution in [0.4, 0.5) is 5.95 Å². The Labute approximate surface area is 156 Å². The van der Waals surface area contributed by atoms with Crippen molar-refractivity contribution in [2.24, 2.45) is 5.92 Å². The molecule has 0 aromatic carbocycles. The van der Waals surface area contributed by atoms with Crippen LogP contribution in [0, 0.1) is 19.8 Å². The molecule has 4 heterocycles. The molecule has 0 bridgehead atoms. The summed E-state index contributed by atoms with van der Waals surface area (Å²) in [5.74, 6) is 1.20. The fourth-order valence-electron chi connectivity index (χ4n) is 3.39.